The number of carbonyl (C=O) groups is 2. The van der Waals surface area contributed by atoms with Crippen LogP contribution >= 0.6 is 11.6 Å². The lowest BCUT2D eigenvalue weighted by atomic mass is 9.91. The van der Waals surface area contributed by atoms with Crippen LogP contribution in [-0.4, -0.2) is 98.3 Å². The molecule has 3 saturated heterocycles. The van der Waals surface area contributed by atoms with Gasteiger partial charge in [0.2, 0.25) is 5.91 Å². The maximum Gasteiger partial charge on any atom is 0.407 e. The maximum absolute atomic E-state index is 17.4. The van der Waals surface area contributed by atoms with Crippen molar-refractivity contribution in [2.75, 3.05) is 44.3 Å². The second-order valence-electron chi connectivity index (χ2n) is 15.3. The molecule has 1 aromatic carbocycles. The highest BCUT2D eigenvalue weighted by molar-refractivity contribution is 6.33. The number of anilines is 1. The summed E-state index contributed by atoms with van der Waals surface area (Å²) in [5.74, 6) is -0.482. The predicted molar refractivity (Wildman–Crippen MR) is 186 cm³/mol. The molecule has 4 aromatic rings. The quantitative estimate of drug-likeness (QED) is 0.268. The van der Waals surface area contributed by atoms with Crippen LogP contribution in [-0.2, 0) is 4.74 Å². The molecule has 268 valence electrons. The second kappa shape index (κ2) is 11.9. The Kier molecular flexibility index (Phi) is 7.66. The Morgan fingerprint density at radius 3 is 2.88 bits per heavy atom. The molecule has 15 heteroatoms. The van der Waals surface area contributed by atoms with E-state index in [9.17, 15) is 14.0 Å². The number of aromatic nitrogens is 5. The molecule has 0 spiro atoms. The number of halogens is 3. The molecule has 6 aliphatic rings. The number of piperidine rings is 1. The van der Waals surface area contributed by atoms with E-state index >= 15 is 4.39 Å². The van der Waals surface area contributed by atoms with Crippen molar-refractivity contribution >= 4 is 51.2 Å². The van der Waals surface area contributed by atoms with Gasteiger partial charge in [0.1, 0.15) is 29.8 Å². The molecule has 5 aliphatic heterocycles. The first-order valence-corrected chi connectivity index (χ1v) is 18.2. The summed E-state index contributed by atoms with van der Waals surface area (Å²) in [5.41, 5.74) is 0.547. The van der Waals surface area contributed by atoms with Crippen molar-refractivity contribution in [2.24, 2.45) is 5.92 Å². The third kappa shape index (κ3) is 5.47. The maximum atomic E-state index is 17.4. The average Bonchev–Trinajstić information content (AvgIpc) is 3.36. The van der Waals surface area contributed by atoms with Crippen molar-refractivity contribution < 1.29 is 27.8 Å². The van der Waals surface area contributed by atoms with Gasteiger partial charge in [-0.15, -0.1) is 0 Å². The Balaban J connectivity index is 1.24. The first kappa shape index (κ1) is 32.7. The number of carbonyl (C=O) groups excluding carboxylic acids is 2. The van der Waals surface area contributed by atoms with Gasteiger partial charge in [0, 0.05) is 55.1 Å². The van der Waals surface area contributed by atoms with Crippen LogP contribution in [0.25, 0.3) is 33.1 Å². The van der Waals surface area contributed by atoms with Gasteiger partial charge in [-0.05, 0) is 75.5 Å². The summed E-state index contributed by atoms with van der Waals surface area (Å²) in [5, 5.41) is 8.70. The molecule has 0 radical (unpaired) electrons. The molecule has 6 bridgehead atoms. The van der Waals surface area contributed by atoms with E-state index in [0.717, 1.165) is 32.2 Å². The van der Waals surface area contributed by atoms with Crippen LogP contribution in [0.1, 0.15) is 75.1 Å². The number of fused-ring (bicyclic) bond motifs is 7. The number of pyridine rings is 1. The van der Waals surface area contributed by atoms with E-state index in [1.54, 1.807) is 18.5 Å². The monoisotopic (exact) mass is 720 g/mol. The molecule has 8 heterocycles. The molecule has 12 nitrogen and oxygen atoms in total. The first-order chi connectivity index (χ1) is 24.5. The number of hydrogen-bond acceptors (Lipinski definition) is 10. The zero-order chi connectivity index (χ0) is 35.2. The summed E-state index contributed by atoms with van der Waals surface area (Å²) < 4.78 is 45.3. The Bertz CT molecular complexity index is 2110. The van der Waals surface area contributed by atoms with Crippen molar-refractivity contribution in [1.29, 1.82) is 0 Å². The van der Waals surface area contributed by atoms with Gasteiger partial charge in [0.05, 0.1) is 34.8 Å². The highest BCUT2D eigenvalue weighted by Gasteiger charge is 2.49. The summed E-state index contributed by atoms with van der Waals surface area (Å²) in [6, 6.07) is 1.68. The van der Waals surface area contributed by atoms with Crippen molar-refractivity contribution in [3.8, 4) is 17.3 Å². The van der Waals surface area contributed by atoms with Gasteiger partial charge in [-0.3, -0.25) is 14.7 Å². The molecule has 51 heavy (non-hydrogen) atoms. The molecule has 1 aliphatic carbocycles. The highest BCUT2D eigenvalue weighted by Crippen LogP contribution is 2.56. The normalized spacial score (nSPS) is 29.1. The molecule has 1 amide bonds. The molecule has 3 aromatic heterocycles. The lowest BCUT2D eigenvalue weighted by Crippen LogP contribution is -2.57. The van der Waals surface area contributed by atoms with Crippen LogP contribution < -0.4 is 15.0 Å². The van der Waals surface area contributed by atoms with Crippen molar-refractivity contribution in [3.63, 3.8) is 0 Å². The Hall–Kier alpha value is -4.17. The molecule has 4 fully saturated rings. The second-order valence-corrected chi connectivity index (χ2v) is 15.7. The van der Waals surface area contributed by atoms with E-state index in [0.29, 0.717) is 77.2 Å². The van der Waals surface area contributed by atoms with Crippen LogP contribution in [0.2, 0.25) is 5.02 Å². The topological polar surface area (TPSA) is 128 Å². The number of ether oxygens (including phenoxy) is 2. The van der Waals surface area contributed by atoms with E-state index in [2.05, 4.69) is 20.3 Å². The lowest BCUT2D eigenvalue weighted by molar-refractivity contribution is 0.0926. The summed E-state index contributed by atoms with van der Waals surface area (Å²) >= 11 is 7.00. The zero-order valence-electron chi connectivity index (χ0n) is 28.6. The van der Waals surface area contributed by atoms with Crippen molar-refractivity contribution in [2.45, 2.75) is 82.0 Å². The lowest BCUT2D eigenvalue weighted by Gasteiger charge is -2.41. The van der Waals surface area contributed by atoms with Crippen LogP contribution in [0.4, 0.5) is 19.4 Å². The number of nitrogens with one attached hydrogen (secondary N) is 1. The third-order valence-electron chi connectivity index (χ3n) is 11.7. The molecule has 1 saturated carbocycles. The van der Waals surface area contributed by atoms with Crippen molar-refractivity contribution in [1.82, 2.24) is 34.9 Å². The standard InChI is InChI=1S/C36H39ClF2N8O4/c1-19(48)47-26-12-25(37)27-22-11-20(22)5-10-50-34(49)44-35(2)6-3-8-45(17-35)32-24-14-40-31(28(27)23(26)15-41-47)29(39)30(24)42-33(43-32)51-18-36-7-4-9-46(36)16-21(38)13-36/h12,14-15,20-22H,3-11,13,16-18H2,1-2H3,(H,44,49)/t20-,21-,22+,35-,36+/m1/s1. The number of benzene rings is 1. The number of alkyl halides is 1. The molecule has 5 atom stereocenters. The fourth-order valence-corrected chi connectivity index (χ4v) is 9.54. The van der Waals surface area contributed by atoms with Crippen molar-refractivity contribution in [3.05, 3.63) is 34.9 Å². The van der Waals surface area contributed by atoms with Gasteiger partial charge in [-0.25, -0.2) is 18.3 Å². The fourth-order valence-electron chi connectivity index (χ4n) is 9.20. The van der Waals surface area contributed by atoms with E-state index in [4.69, 9.17) is 31.0 Å². The van der Waals surface area contributed by atoms with Crippen LogP contribution in [0, 0.1) is 11.7 Å². The summed E-state index contributed by atoms with van der Waals surface area (Å²) in [6.07, 6.45) is 6.62. The number of amides is 1. The number of hydrogen-bond donors (Lipinski definition) is 1. The SMILES string of the molecule is CC(=O)n1ncc2c3c(c(Cl)cc21)[C@H]1C[C@H]1CCOC(=O)N[C@]1(C)CCCN(C1)c1nc(OC[C@@]24CCCN2C[C@H](F)C4)nc2c(F)c-3ncc12. The number of nitrogens with zero attached hydrogens (tertiary/aromatic N) is 7. The van der Waals surface area contributed by atoms with E-state index in [-0.39, 0.29) is 48.2 Å². The number of alkyl carbamates (subject to hydrolysis) is 1. The third-order valence-corrected chi connectivity index (χ3v) is 12.0. The van der Waals surface area contributed by atoms with Gasteiger partial charge in [-0.1, -0.05) is 11.6 Å². The van der Waals surface area contributed by atoms with Gasteiger partial charge in [-0.2, -0.15) is 15.1 Å². The molecule has 0 unspecified atom stereocenters. The van der Waals surface area contributed by atoms with E-state index in [1.165, 1.54) is 11.6 Å². The average molecular weight is 721 g/mol. The Morgan fingerprint density at radius 1 is 1.20 bits per heavy atom. The fraction of sp³-hybridized carbons (Fsp3) is 0.556. The van der Waals surface area contributed by atoms with Gasteiger partial charge in [0.15, 0.2) is 5.82 Å². The summed E-state index contributed by atoms with van der Waals surface area (Å²) in [4.78, 5) is 44.0. The van der Waals surface area contributed by atoms with E-state index in [1.807, 2.05) is 11.8 Å². The van der Waals surface area contributed by atoms with Crippen LogP contribution in [0.15, 0.2) is 18.5 Å². The molecule has 1 N–H and O–H groups in total. The van der Waals surface area contributed by atoms with E-state index < -0.39 is 29.2 Å². The Labute approximate surface area is 297 Å². The largest absolute Gasteiger partial charge is 0.461 e. The summed E-state index contributed by atoms with van der Waals surface area (Å²) in [7, 11) is 0. The van der Waals surface area contributed by atoms with Gasteiger partial charge >= 0.3 is 12.1 Å². The minimum absolute atomic E-state index is 0.0160. The Morgan fingerprint density at radius 2 is 2.04 bits per heavy atom. The first-order valence-electron chi connectivity index (χ1n) is 17.8. The van der Waals surface area contributed by atoms with Gasteiger partial charge < -0.3 is 19.7 Å². The number of rotatable bonds is 3. The van der Waals surface area contributed by atoms with Gasteiger partial charge in [0.25, 0.3) is 0 Å². The zero-order valence-corrected chi connectivity index (χ0v) is 29.3. The summed E-state index contributed by atoms with van der Waals surface area (Å²) in [6.45, 7) is 5.91. The molecular formula is C36H39ClF2N8O4. The minimum Gasteiger partial charge on any atom is -0.461 e. The molecular weight excluding hydrogens is 682 g/mol. The van der Waals surface area contributed by atoms with Crippen LogP contribution in [0.3, 0.4) is 0 Å². The minimum atomic E-state index is -0.934. The smallest absolute Gasteiger partial charge is 0.407 e. The predicted octanol–water partition coefficient (Wildman–Crippen LogP) is 6.04. The van der Waals surface area contributed by atoms with Crippen LogP contribution in [0.5, 0.6) is 6.01 Å². The highest BCUT2D eigenvalue weighted by atomic mass is 35.5. The molecule has 10 rings (SSSR count).